The van der Waals surface area contributed by atoms with Crippen molar-refractivity contribution in [3.8, 4) is 0 Å². The fourth-order valence-electron chi connectivity index (χ4n) is 1.69. The SMILES string of the molecule is CC1CC1NC(=O)NC(C(=O)O)C1CC1. The number of hydrogen-bond donors (Lipinski definition) is 3. The molecular formula is C10H16N2O3. The molecule has 3 unspecified atom stereocenters. The summed E-state index contributed by atoms with van der Waals surface area (Å²) in [5.41, 5.74) is 0. The van der Waals surface area contributed by atoms with Crippen molar-refractivity contribution in [1.29, 1.82) is 0 Å². The minimum atomic E-state index is -0.934. The van der Waals surface area contributed by atoms with Crippen molar-refractivity contribution in [3.63, 3.8) is 0 Å². The van der Waals surface area contributed by atoms with Crippen LogP contribution >= 0.6 is 0 Å². The molecule has 2 aliphatic carbocycles. The van der Waals surface area contributed by atoms with Crippen LogP contribution in [0, 0.1) is 11.8 Å². The Labute approximate surface area is 88.2 Å². The topological polar surface area (TPSA) is 78.4 Å². The number of rotatable bonds is 4. The van der Waals surface area contributed by atoms with Gasteiger partial charge in [-0.2, -0.15) is 0 Å². The first-order valence-electron chi connectivity index (χ1n) is 5.37. The van der Waals surface area contributed by atoms with E-state index in [2.05, 4.69) is 17.6 Å². The van der Waals surface area contributed by atoms with E-state index in [4.69, 9.17) is 5.11 Å². The molecule has 2 rings (SSSR count). The third-order valence-electron chi connectivity index (χ3n) is 3.07. The van der Waals surface area contributed by atoms with E-state index >= 15 is 0 Å². The molecule has 0 spiro atoms. The highest BCUT2D eigenvalue weighted by Gasteiger charge is 2.39. The van der Waals surface area contributed by atoms with Gasteiger partial charge < -0.3 is 15.7 Å². The lowest BCUT2D eigenvalue weighted by Gasteiger charge is -2.14. The zero-order chi connectivity index (χ0) is 11.0. The summed E-state index contributed by atoms with van der Waals surface area (Å²) in [5.74, 6) is -0.277. The number of carboxylic acids is 1. The molecule has 5 heteroatoms. The van der Waals surface area contributed by atoms with Gasteiger partial charge in [-0.15, -0.1) is 0 Å². The molecule has 2 aliphatic rings. The number of carboxylic acid groups (broad SMARTS) is 1. The van der Waals surface area contributed by atoms with Gasteiger partial charge in [0.2, 0.25) is 0 Å². The molecule has 15 heavy (non-hydrogen) atoms. The normalized spacial score (nSPS) is 30.5. The molecule has 0 aromatic heterocycles. The van der Waals surface area contributed by atoms with Crippen molar-refractivity contribution >= 4 is 12.0 Å². The Morgan fingerprint density at radius 3 is 2.40 bits per heavy atom. The maximum Gasteiger partial charge on any atom is 0.326 e. The average molecular weight is 212 g/mol. The molecule has 0 radical (unpaired) electrons. The molecule has 2 saturated carbocycles. The van der Waals surface area contributed by atoms with Crippen LogP contribution in [0.2, 0.25) is 0 Å². The van der Waals surface area contributed by atoms with E-state index in [0.717, 1.165) is 19.3 Å². The Morgan fingerprint density at radius 1 is 1.40 bits per heavy atom. The molecule has 3 N–H and O–H groups in total. The first-order valence-corrected chi connectivity index (χ1v) is 5.37. The Morgan fingerprint density at radius 2 is 2.00 bits per heavy atom. The fraction of sp³-hybridized carbons (Fsp3) is 0.800. The zero-order valence-corrected chi connectivity index (χ0v) is 8.69. The van der Waals surface area contributed by atoms with E-state index in [9.17, 15) is 9.59 Å². The second-order valence-electron chi connectivity index (χ2n) is 4.59. The molecular weight excluding hydrogens is 196 g/mol. The number of nitrogens with one attached hydrogen (secondary N) is 2. The summed E-state index contributed by atoms with van der Waals surface area (Å²) in [4.78, 5) is 22.2. The van der Waals surface area contributed by atoms with Gasteiger partial charge >= 0.3 is 12.0 Å². The molecule has 2 fully saturated rings. The van der Waals surface area contributed by atoms with Crippen LogP contribution in [-0.4, -0.2) is 29.2 Å². The maximum atomic E-state index is 11.4. The molecule has 0 aromatic rings. The number of carbonyl (C=O) groups excluding carboxylic acids is 1. The van der Waals surface area contributed by atoms with E-state index < -0.39 is 12.0 Å². The van der Waals surface area contributed by atoms with Crippen LogP contribution in [0.15, 0.2) is 0 Å². The van der Waals surface area contributed by atoms with Crippen molar-refractivity contribution in [2.24, 2.45) is 11.8 Å². The summed E-state index contributed by atoms with van der Waals surface area (Å²) in [6.07, 6.45) is 2.79. The summed E-state index contributed by atoms with van der Waals surface area (Å²) in [5, 5.41) is 14.2. The third kappa shape index (κ3) is 2.61. The first kappa shape index (κ1) is 10.3. The minimum Gasteiger partial charge on any atom is -0.480 e. The van der Waals surface area contributed by atoms with E-state index in [1.54, 1.807) is 0 Å². The lowest BCUT2D eigenvalue weighted by atomic mass is 10.2. The molecule has 0 saturated heterocycles. The van der Waals surface area contributed by atoms with Gasteiger partial charge in [0.25, 0.3) is 0 Å². The molecule has 5 nitrogen and oxygen atoms in total. The van der Waals surface area contributed by atoms with E-state index in [1.807, 2.05) is 0 Å². The lowest BCUT2D eigenvalue weighted by Crippen LogP contribution is -2.47. The van der Waals surface area contributed by atoms with Crippen molar-refractivity contribution in [2.75, 3.05) is 0 Å². The van der Waals surface area contributed by atoms with Crippen LogP contribution in [0.1, 0.15) is 26.2 Å². The Bertz CT molecular complexity index is 288. The highest BCUT2D eigenvalue weighted by Crippen LogP contribution is 2.33. The fourth-order valence-corrected chi connectivity index (χ4v) is 1.69. The van der Waals surface area contributed by atoms with Gasteiger partial charge in [-0.25, -0.2) is 9.59 Å². The van der Waals surface area contributed by atoms with E-state index in [0.29, 0.717) is 5.92 Å². The molecule has 0 heterocycles. The van der Waals surface area contributed by atoms with E-state index in [-0.39, 0.29) is 18.0 Å². The summed E-state index contributed by atoms with van der Waals surface area (Å²) in [6.45, 7) is 2.06. The third-order valence-corrected chi connectivity index (χ3v) is 3.07. The first-order chi connectivity index (χ1) is 7.08. The molecule has 0 aliphatic heterocycles. The van der Waals surface area contributed by atoms with Gasteiger partial charge in [-0.05, 0) is 31.1 Å². The Hall–Kier alpha value is -1.26. The molecule has 3 atom stereocenters. The second kappa shape index (κ2) is 3.72. The van der Waals surface area contributed by atoms with Crippen LogP contribution in [0.5, 0.6) is 0 Å². The van der Waals surface area contributed by atoms with Gasteiger partial charge in [0, 0.05) is 6.04 Å². The van der Waals surface area contributed by atoms with Crippen LogP contribution in [0.3, 0.4) is 0 Å². The molecule has 84 valence electrons. The molecule has 0 bridgehead atoms. The van der Waals surface area contributed by atoms with Crippen LogP contribution < -0.4 is 10.6 Å². The molecule has 2 amide bonds. The highest BCUT2D eigenvalue weighted by molar-refractivity contribution is 5.83. The monoisotopic (exact) mass is 212 g/mol. The predicted octanol–water partition coefficient (Wildman–Crippen LogP) is 0.557. The zero-order valence-electron chi connectivity index (χ0n) is 8.69. The minimum absolute atomic E-state index is 0.130. The summed E-state index contributed by atoms with van der Waals surface area (Å²) >= 11 is 0. The average Bonchev–Trinajstić information content (AvgIpc) is 3.00. The van der Waals surface area contributed by atoms with Crippen molar-refractivity contribution in [3.05, 3.63) is 0 Å². The van der Waals surface area contributed by atoms with E-state index in [1.165, 1.54) is 0 Å². The van der Waals surface area contributed by atoms with Gasteiger partial charge in [0.05, 0.1) is 0 Å². The summed E-state index contributed by atoms with van der Waals surface area (Å²) < 4.78 is 0. The maximum absolute atomic E-state index is 11.4. The van der Waals surface area contributed by atoms with Gasteiger partial charge in [0.1, 0.15) is 6.04 Å². The van der Waals surface area contributed by atoms with Crippen LogP contribution in [0.25, 0.3) is 0 Å². The van der Waals surface area contributed by atoms with Gasteiger partial charge in [-0.1, -0.05) is 6.92 Å². The number of aliphatic carboxylic acids is 1. The summed E-state index contributed by atoms with van der Waals surface area (Å²) in [7, 11) is 0. The van der Waals surface area contributed by atoms with Gasteiger partial charge in [0.15, 0.2) is 0 Å². The number of amides is 2. The number of urea groups is 1. The predicted molar refractivity (Wildman–Crippen MR) is 53.4 cm³/mol. The largest absolute Gasteiger partial charge is 0.480 e. The summed E-state index contributed by atoms with van der Waals surface area (Å²) in [6, 6.07) is -0.818. The number of carbonyl (C=O) groups is 2. The van der Waals surface area contributed by atoms with Crippen molar-refractivity contribution in [1.82, 2.24) is 10.6 Å². The Balaban J connectivity index is 1.78. The quantitative estimate of drug-likeness (QED) is 0.637. The second-order valence-corrected chi connectivity index (χ2v) is 4.59. The van der Waals surface area contributed by atoms with Gasteiger partial charge in [-0.3, -0.25) is 0 Å². The Kier molecular flexibility index (Phi) is 2.54. The molecule has 0 aromatic carbocycles. The number of hydrogen-bond acceptors (Lipinski definition) is 2. The standard InChI is InChI=1S/C10H16N2O3/c1-5-4-7(5)11-10(15)12-8(9(13)14)6-2-3-6/h5-8H,2-4H2,1H3,(H,13,14)(H2,11,12,15). The van der Waals surface area contributed by atoms with Crippen molar-refractivity contribution in [2.45, 2.75) is 38.3 Å². The van der Waals surface area contributed by atoms with Crippen LogP contribution in [0.4, 0.5) is 4.79 Å². The van der Waals surface area contributed by atoms with Crippen molar-refractivity contribution < 1.29 is 14.7 Å². The highest BCUT2D eigenvalue weighted by atomic mass is 16.4. The lowest BCUT2D eigenvalue weighted by molar-refractivity contribution is -0.139. The van der Waals surface area contributed by atoms with Crippen LogP contribution in [-0.2, 0) is 4.79 Å². The smallest absolute Gasteiger partial charge is 0.326 e.